The topological polar surface area (TPSA) is 133 Å². The summed E-state index contributed by atoms with van der Waals surface area (Å²) in [6.45, 7) is 0. The van der Waals surface area contributed by atoms with Gasteiger partial charge in [0.2, 0.25) is 0 Å². The molecule has 1 atom stereocenters. The van der Waals surface area contributed by atoms with Crippen LogP contribution < -0.4 is 5.32 Å². The minimum absolute atomic E-state index is 0.130. The quantitative estimate of drug-likeness (QED) is 0.179. The van der Waals surface area contributed by atoms with Crippen molar-refractivity contribution in [3.05, 3.63) is 120 Å². The van der Waals surface area contributed by atoms with Crippen LogP contribution in [-0.2, 0) is 20.2 Å². The summed E-state index contributed by atoms with van der Waals surface area (Å²) in [5, 5.41) is 3.54. The first-order valence-corrected chi connectivity index (χ1v) is 17.0. The van der Waals surface area contributed by atoms with E-state index in [1.54, 1.807) is 24.3 Å². The average Bonchev–Trinajstić information content (AvgIpc) is 3.01. The zero-order valence-corrected chi connectivity index (χ0v) is 25.2. The maximum atomic E-state index is 11.3. The normalized spacial score (nSPS) is 17.9. The number of anilines is 1. The molecule has 0 radical (unpaired) electrons. The van der Waals surface area contributed by atoms with Gasteiger partial charge in [-0.1, -0.05) is 48.5 Å². The molecule has 2 aliphatic carbocycles. The largest absolute Gasteiger partial charge is 0.359 e. The van der Waals surface area contributed by atoms with E-state index in [0.29, 0.717) is 5.92 Å². The van der Waals surface area contributed by atoms with Crippen LogP contribution >= 0.6 is 0 Å². The summed E-state index contributed by atoms with van der Waals surface area (Å²) in [5.41, 5.74) is 8.82. The van der Waals surface area contributed by atoms with E-state index < -0.39 is 20.2 Å². The van der Waals surface area contributed by atoms with E-state index >= 15 is 0 Å². The summed E-state index contributed by atoms with van der Waals surface area (Å²) in [6, 6.07) is 27.9. The Labute approximate surface area is 257 Å². The third-order valence-corrected chi connectivity index (χ3v) is 9.69. The van der Waals surface area contributed by atoms with Crippen molar-refractivity contribution in [1.29, 1.82) is 0 Å². The molecular formula is C34H30N2O6S2. The minimum Gasteiger partial charge on any atom is -0.359 e. The van der Waals surface area contributed by atoms with Crippen LogP contribution in [0.4, 0.5) is 11.4 Å². The van der Waals surface area contributed by atoms with Gasteiger partial charge in [-0.15, -0.1) is 0 Å². The molecular weight excluding hydrogens is 597 g/mol. The van der Waals surface area contributed by atoms with Gasteiger partial charge in [0.1, 0.15) is 0 Å². The predicted octanol–water partition coefficient (Wildman–Crippen LogP) is 7.71. The summed E-state index contributed by atoms with van der Waals surface area (Å²) in [6.07, 6.45) is 8.41. The van der Waals surface area contributed by atoms with Gasteiger partial charge in [0.05, 0.1) is 15.5 Å². The van der Waals surface area contributed by atoms with E-state index in [1.165, 1.54) is 29.8 Å². The molecule has 0 fully saturated rings. The van der Waals surface area contributed by atoms with Crippen molar-refractivity contribution < 1.29 is 25.9 Å². The Bertz CT molecular complexity index is 2000. The number of hydrogen-bond acceptors (Lipinski definition) is 6. The number of aliphatic imine (C=N–C) groups is 1. The molecule has 0 saturated carbocycles. The summed E-state index contributed by atoms with van der Waals surface area (Å²) in [4.78, 5) is 4.62. The predicted molar refractivity (Wildman–Crippen MR) is 172 cm³/mol. The molecule has 0 aromatic heterocycles. The first-order valence-electron chi connectivity index (χ1n) is 14.1. The third kappa shape index (κ3) is 6.89. The van der Waals surface area contributed by atoms with Crippen molar-refractivity contribution >= 4 is 37.3 Å². The second-order valence-electron chi connectivity index (χ2n) is 10.9. The lowest BCUT2D eigenvalue weighted by molar-refractivity contribution is 0.481. The Morgan fingerprint density at radius 1 is 0.591 bits per heavy atom. The molecule has 4 aromatic rings. The zero-order chi connectivity index (χ0) is 30.9. The standard InChI is InChI=1S/C34H30N2O6S2/c37-43(38,39)33-17-7-25(8-18-33)23-1-11-29(12-2-23)35-31-15-5-27-6-16-32(22-28(27)21-31)36-30-13-3-24(4-14-30)26-9-19-34(20-10-26)44(40,41)42/h1-4,7-14,17-22,27,35H,5-6,15-16H2,(H,37,38,39)(H,40,41,42). The van der Waals surface area contributed by atoms with Gasteiger partial charge in [0, 0.05) is 17.1 Å². The van der Waals surface area contributed by atoms with E-state index in [4.69, 9.17) is 4.99 Å². The van der Waals surface area contributed by atoms with E-state index in [0.717, 1.165) is 70.7 Å². The number of benzene rings is 4. The Balaban J connectivity index is 1.13. The highest BCUT2D eigenvalue weighted by molar-refractivity contribution is 7.86. The van der Waals surface area contributed by atoms with Gasteiger partial charge in [-0.3, -0.25) is 14.1 Å². The first kappa shape index (κ1) is 29.7. The average molecular weight is 627 g/mol. The SMILES string of the molecule is O=S(=O)(O)c1ccc(-c2ccc(N=C3C=C4C=C(Nc5ccc(-c6ccc(S(=O)(=O)O)cc6)cc5)CCC4CC3)cc2)cc1. The van der Waals surface area contributed by atoms with Gasteiger partial charge in [-0.05, 0) is 120 Å². The molecule has 0 heterocycles. The molecule has 6 rings (SSSR count). The third-order valence-electron chi connectivity index (χ3n) is 7.96. The molecule has 1 unspecified atom stereocenters. The second kappa shape index (κ2) is 12.0. The van der Waals surface area contributed by atoms with Crippen molar-refractivity contribution in [2.24, 2.45) is 10.9 Å². The van der Waals surface area contributed by atoms with E-state index in [-0.39, 0.29) is 9.79 Å². The van der Waals surface area contributed by atoms with Gasteiger partial charge in [0.25, 0.3) is 20.2 Å². The molecule has 0 bridgehead atoms. The Hall–Kier alpha value is -4.35. The van der Waals surface area contributed by atoms with Crippen LogP contribution in [0.25, 0.3) is 22.3 Å². The smallest absolute Gasteiger partial charge is 0.294 e. The number of nitrogens with zero attached hydrogens (tertiary/aromatic N) is 1. The highest BCUT2D eigenvalue weighted by Gasteiger charge is 2.23. The van der Waals surface area contributed by atoms with Crippen LogP contribution in [-0.4, -0.2) is 31.7 Å². The molecule has 2 aliphatic rings. The fourth-order valence-corrected chi connectivity index (χ4v) is 6.56. The van der Waals surface area contributed by atoms with Crippen LogP contribution in [0.3, 0.4) is 0 Å². The number of rotatable bonds is 7. The number of nitrogens with one attached hydrogen (secondary N) is 1. The zero-order valence-electron chi connectivity index (χ0n) is 23.6. The lowest BCUT2D eigenvalue weighted by atomic mass is 9.79. The van der Waals surface area contributed by atoms with Crippen LogP contribution in [0, 0.1) is 5.92 Å². The lowest BCUT2D eigenvalue weighted by Gasteiger charge is -2.29. The van der Waals surface area contributed by atoms with Gasteiger partial charge in [0.15, 0.2) is 0 Å². The van der Waals surface area contributed by atoms with Crippen molar-refractivity contribution in [3.8, 4) is 22.3 Å². The molecule has 224 valence electrons. The van der Waals surface area contributed by atoms with Crippen LogP contribution in [0.15, 0.2) is 135 Å². The molecule has 44 heavy (non-hydrogen) atoms. The monoisotopic (exact) mass is 626 g/mol. The fourth-order valence-electron chi connectivity index (χ4n) is 5.60. The molecule has 0 amide bonds. The maximum Gasteiger partial charge on any atom is 0.294 e. The number of fused-ring (bicyclic) bond motifs is 1. The summed E-state index contributed by atoms with van der Waals surface area (Å²) >= 11 is 0. The van der Waals surface area contributed by atoms with Gasteiger partial charge in [-0.2, -0.15) is 16.8 Å². The van der Waals surface area contributed by atoms with E-state index in [1.807, 2.05) is 48.5 Å². The van der Waals surface area contributed by atoms with Gasteiger partial charge >= 0.3 is 0 Å². The van der Waals surface area contributed by atoms with Crippen LogP contribution in [0.1, 0.15) is 25.7 Å². The molecule has 0 spiro atoms. The molecule has 8 nitrogen and oxygen atoms in total. The molecule has 4 aromatic carbocycles. The van der Waals surface area contributed by atoms with Crippen molar-refractivity contribution in [3.63, 3.8) is 0 Å². The molecule has 3 N–H and O–H groups in total. The highest BCUT2D eigenvalue weighted by atomic mass is 32.2. The molecule has 0 aliphatic heterocycles. The maximum absolute atomic E-state index is 11.3. The first-order chi connectivity index (χ1) is 21.0. The Kier molecular flexibility index (Phi) is 8.08. The second-order valence-corrected chi connectivity index (χ2v) is 13.8. The van der Waals surface area contributed by atoms with Crippen molar-refractivity contribution in [2.75, 3.05) is 5.32 Å². The lowest BCUT2D eigenvalue weighted by Crippen LogP contribution is -2.18. The summed E-state index contributed by atoms with van der Waals surface area (Å²) in [7, 11) is -8.44. The van der Waals surface area contributed by atoms with Crippen molar-refractivity contribution in [1.82, 2.24) is 0 Å². The number of allylic oxidation sites excluding steroid dienone is 4. The summed E-state index contributed by atoms with van der Waals surface area (Å²) in [5.74, 6) is 0.515. The Morgan fingerprint density at radius 3 is 1.55 bits per heavy atom. The number of hydrogen-bond donors (Lipinski definition) is 3. The van der Waals surface area contributed by atoms with Gasteiger partial charge in [-0.25, -0.2) is 0 Å². The Morgan fingerprint density at radius 2 is 1.05 bits per heavy atom. The minimum atomic E-state index is -4.22. The van der Waals surface area contributed by atoms with E-state index in [2.05, 4.69) is 17.5 Å². The highest BCUT2D eigenvalue weighted by Crippen LogP contribution is 2.36. The van der Waals surface area contributed by atoms with Crippen LogP contribution in [0.2, 0.25) is 0 Å². The van der Waals surface area contributed by atoms with Gasteiger partial charge < -0.3 is 5.32 Å². The summed E-state index contributed by atoms with van der Waals surface area (Å²) < 4.78 is 63.6. The van der Waals surface area contributed by atoms with Crippen molar-refractivity contribution in [2.45, 2.75) is 35.5 Å². The molecule has 0 saturated heterocycles. The molecule has 10 heteroatoms. The fraction of sp³-hybridized carbons (Fsp3) is 0.147. The van der Waals surface area contributed by atoms with E-state index in [9.17, 15) is 25.9 Å². The van der Waals surface area contributed by atoms with Crippen LogP contribution in [0.5, 0.6) is 0 Å².